The molecule has 0 aliphatic carbocycles. The molecule has 2 heterocycles. The second-order valence-corrected chi connectivity index (χ2v) is 4.01. The van der Waals surface area contributed by atoms with Crippen molar-refractivity contribution in [1.82, 2.24) is 15.2 Å². The van der Waals surface area contributed by atoms with Crippen molar-refractivity contribution in [3.8, 4) is 0 Å². The van der Waals surface area contributed by atoms with Crippen molar-refractivity contribution in [2.24, 2.45) is 0 Å². The first-order valence-corrected chi connectivity index (χ1v) is 5.59. The van der Waals surface area contributed by atoms with Crippen LogP contribution in [0.1, 0.15) is 44.4 Å². The van der Waals surface area contributed by atoms with E-state index in [1.54, 1.807) is 0 Å². The van der Waals surface area contributed by atoms with E-state index in [1.807, 2.05) is 6.20 Å². The third kappa shape index (κ3) is 1.74. The Labute approximate surface area is 89.9 Å². The molecule has 2 aromatic rings. The van der Waals surface area contributed by atoms with E-state index in [4.69, 9.17) is 0 Å². The fourth-order valence-electron chi connectivity index (χ4n) is 1.73. The van der Waals surface area contributed by atoms with Crippen LogP contribution in [0.15, 0.2) is 12.3 Å². The molecule has 0 radical (unpaired) electrons. The number of fused-ring (bicyclic) bond motifs is 1. The maximum Gasteiger partial charge on any atom is 0.181 e. The van der Waals surface area contributed by atoms with Crippen LogP contribution in [0.2, 0.25) is 0 Å². The first-order chi connectivity index (χ1) is 7.26. The van der Waals surface area contributed by atoms with Gasteiger partial charge >= 0.3 is 0 Å². The fraction of sp³-hybridized carbons (Fsp3) is 0.500. The lowest BCUT2D eigenvalue weighted by atomic mass is 10.0. The quantitative estimate of drug-likeness (QED) is 0.833. The van der Waals surface area contributed by atoms with Crippen LogP contribution in [0.25, 0.3) is 11.0 Å². The Hall–Kier alpha value is -1.38. The standard InChI is InChI=1S/C12H17N3/c1-4-8(3)11-10-6-9(5-2)7-13-12(10)15-14-11/h6-8H,4-5H2,1-3H3,(H,13,14,15). The highest BCUT2D eigenvalue weighted by Crippen LogP contribution is 2.24. The number of rotatable bonds is 3. The fourth-order valence-corrected chi connectivity index (χ4v) is 1.73. The van der Waals surface area contributed by atoms with E-state index < -0.39 is 0 Å². The highest BCUT2D eigenvalue weighted by molar-refractivity contribution is 5.78. The molecule has 1 atom stereocenters. The summed E-state index contributed by atoms with van der Waals surface area (Å²) >= 11 is 0. The van der Waals surface area contributed by atoms with Gasteiger partial charge in [-0.25, -0.2) is 4.98 Å². The smallest absolute Gasteiger partial charge is 0.181 e. The Bertz CT molecular complexity index is 459. The summed E-state index contributed by atoms with van der Waals surface area (Å²) in [6.45, 7) is 6.55. The van der Waals surface area contributed by atoms with Crippen LogP contribution in [0.4, 0.5) is 0 Å². The maximum absolute atomic E-state index is 4.35. The van der Waals surface area contributed by atoms with Gasteiger partial charge in [-0.05, 0) is 30.4 Å². The van der Waals surface area contributed by atoms with Gasteiger partial charge < -0.3 is 0 Å². The van der Waals surface area contributed by atoms with Crippen molar-refractivity contribution in [2.75, 3.05) is 0 Å². The number of aromatic nitrogens is 3. The van der Waals surface area contributed by atoms with E-state index in [-0.39, 0.29) is 0 Å². The summed E-state index contributed by atoms with van der Waals surface area (Å²) in [5, 5.41) is 8.51. The van der Waals surface area contributed by atoms with Crippen LogP contribution in [0.5, 0.6) is 0 Å². The molecule has 0 saturated heterocycles. The lowest BCUT2D eigenvalue weighted by molar-refractivity contribution is 0.708. The molecule has 0 fully saturated rings. The van der Waals surface area contributed by atoms with Crippen LogP contribution in [-0.2, 0) is 6.42 Å². The molecule has 2 aromatic heterocycles. The van der Waals surface area contributed by atoms with Gasteiger partial charge in [0.15, 0.2) is 5.65 Å². The second kappa shape index (κ2) is 4.01. The SMILES string of the molecule is CCc1cnc2n[nH]c(C(C)CC)c2c1. The van der Waals surface area contributed by atoms with Gasteiger partial charge in [-0.15, -0.1) is 0 Å². The zero-order valence-corrected chi connectivity index (χ0v) is 9.54. The average Bonchev–Trinajstić information content (AvgIpc) is 2.70. The van der Waals surface area contributed by atoms with Gasteiger partial charge in [-0.2, -0.15) is 5.10 Å². The largest absolute Gasteiger partial charge is 0.279 e. The van der Waals surface area contributed by atoms with Gasteiger partial charge in [0.25, 0.3) is 0 Å². The van der Waals surface area contributed by atoms with E-state index in [0.29, 0.717) is 5.92 Å². The topological polar surface area (TPSA) is 41.6 Å². The van der Waals surface area contributed by atoms with E-state index in [9.17, 15) is 0 Å². The van der Waals surface area contributed by atoms with Gasteiger partial charge in [-0.3, -0.25) is 5.10 Å². The summed E-state index contributed by atoms with van der Waals surface area (Å²) < 4.78 is 0. The van der Waals surface area contributed by atoms with Gasteiger partial charge in [0, 0.05) is 17.3 Å². The molecule has 1 N–H and O–H groups in total. The minimum Gasteiger partial charge on any atom is -0.279 e. The normalized spacial score (nSPS) is 13.3. The molecule has 0 spiro atoms. The molecule has 3 nitrogen and oxygen atoms in total. The number of nitrogens with zero attached hydrogens (tertiary/aromatic N) is 2. The average molecular weight is 203 g/mol. The third-order valence-electron chi connectivity index (χ3n) is 3.01. The number of aromatic amines is 1. The van der Waals surface area contributed by atoms with Crippen molar-refractivity contribution in [3.63, 3.8) is 0 Å². The summed E-state index contributed by atoms with van der Waals surface area (Å²) in [5.74, 6) is 0.518. The first-order valence-electron chi connectivity index (χ1n) is 5.59. The van der Waals surface area contributed by atoms with Gasteiger partial charge in [0.2, 0.25) is 0 Å². The van der Waals surface area contributed by atoms with E-state index >= 15 is 0 Å². The third-order valence-corrected chi connectivity index (χ3v) is 3.01. The minimum absolute atomic E-state index is 0.518. The van der Waals surface area contributed by atoms with E-state index in [1.165, 1.54) is 16.6 Å². The molecule has 0 amide bonds. The number of pyridine rings is 1. The lowest BCUT2D eigenvalue weighted by Gasteiger charge is -2.05. The molecule has 0 aliphatic heterocycles. The van der Waals surface area contributed by atoms with Gasteiger partial charge in [-0.1, -0.05) is 20.8 Å². The number of H-pyrrole nitrogens is 1. The Morgan fingerprint density at radius 1 is 1.40 bits per heavy atom. The van der Waals surface area contributed by atoms with Crippen LogP contribution in [0, 0.1) is 0 Å². The van der Waals surface area contributed by atoms with Crippen LogP contribution in [-0.4, -0.2) is 15.2 Å². The molecule has 0 aliphatic rings. The highest BCUT2D eigenvalue weighted by Gasteiger charge is 2.11. The van der Waals surface area contributed by atoms with Crippen molar-refractivity contribution in [2.45, 2.75) is 39.5 Å². The molecular formula is C12H17N3. The molecular weight excluding hydrogens is 186 g/mol. The minimum atomic E-state index is 0.518. The molecule has 0 aromatic carbocycles. The summed E-state index contributed by atoms with van der Waals surface area (Å²) in [6, 6.07) is 2.20. The maximum atomic E-state index is 4.35. The number of nitrogens with one attached hydrogen (secondary N) is 1. The Balaban J connectivity index is 2.56. The molecule has 0 bridgehead atoms. The summed E-state index contributed by atoms with van der Waals surface area (Å²) in [5.41, 5.74) is 3.33. The Morgan fingerprint density at radius 2 is 2.20 bits per heavy atom. The summed E-state index contributed by atoms with van der Waals surface area (Å²) in [7, 11) is 0. The van der Waals surface area contributed by atoms with Crippen LogP contribution in [0.3, 0.4) is 0 Å². The summed E-state index contributed by atoms with van der Waals surface area (Å²) in [4.78, 5) is 4.35. The van der Waals surface area contributed by atoms with Crippen molar-refractivity contribution in [1.29, 1.82) is 0 Å². The first kappa shape index (κ1) is 10.1. The number of hydrogen-bond acceptors (Lipinski definition) is 2. The van der Waals surface area contributed by atoms with E-state index in [2.05, 4.69) is 42.0 Å². The molecule has 2 rings (SSSR count). The van der Waals surface area contributed by atoms with Gasteiger partial charge in [0.1, 0.15) is 0 Å². The van der Waals surface area contributed by atoms with Crippen molar-refractivity contribution < 1.29 is 0 Å². The zero-order chi connectivity index (χ0) is 10.8. The molecule has 80 valence electrons. The molecule has 0 saturated carbocycles. The molecule has 1 unspecified atom stereocenters. The molecule has 3 heteroatoms. The van der Waals surface area contributed by atoms with Crippen LogP contribution < -0.4 is 0 Å². The zero-order valence-electron chi connectivity index (χ0n) is 9.54. The molecule has 15 heavy (non-hydrogen) atoms. The Kier molecular flexibility index (Phi) is 2.71. The second-order valence-electron chi connectivity index (χ2n) is 4.01. The van der Waals surface area contributed by atoms with Crippen molar-refractivity contribution in [3.05, 3.63) is 23.5 Å². The predicted molar refractivity (Wildman–Crippen MR) is 62.0 cm³/mol. The monoisotopic (exact) mass is 203 g/mol. The number of hydrogen-bond donors (Lipinski definition) is 1. The van der Waals surface area contributed by atoms with Crippen LogP contribution >= 0.6 is 0 Å². The van der Waals surface area contributed by atoms with E-state index in [0.717, 1.165) is 18.5 Å². The summed E-state index contributed by atoms with van der Waals surface area (Å²) in [6.07, 6.45) is 4.05. The lowest BCUT2D eigenvalue weighted by Crippen LogP contribution is -1.92. The van der Waals surface area contributed by atoms with Crippen molar-refractivity contribution >= 4 is 11.0 Å². The highest BCUT2D eigenvalue weighted by atomic mass is 15.1. The Morgan fingerprint density at radius 3 is 2.87 bits per heavy atom. The number of aryl methyl sites for hydroxylation is 1. The predicted octanol–water partition coefficient (Wildman–Crippen LogP) is 3.03. The van der Waals surface area contributed by atoms with Gasteiger partial charge in [0.05, 0.1) is 0 Å².